The normalized spacial score (nSPS) is 15.6. The van der Waals surface area contributed by atoms with Gasteiger partial charge in [0.25, 0.3) is 0 Å². The highest BCUT2D eigenvalue weighted by Crippen LogP contribution is 2.38. The average molecular weight is 432 g/mol. The van der Waals surface area contributed by atoms with Gasteiger partial charge in [0.1, 0.15) is 6.04 Å². The van der Waals surface area contributed by atoms with Crippen molar-refractivity contribution < 1.29 is 4.79 Å². The van der Waals surface area contributed by atoms with Gasteiger partial charge in [0.15, 0.2) is 5.13 Å². The molecule has 2 N–H and O–H groups in total. The Labute approximate surface area is 186 Å². The van der Waals surface area contributed by atoms with E-state index in [-0.39, 0.29) is 18.5 Å². The first-order chi connectivity index (χ1) is 15.3. The van der Waals surface area contributed by atoms with Gasteiger partial charge in [-0.2, -0.15) is 5.26 Å². The van der Waals surface area contributed by atoms with Gasteiger partial charge in [0, 0.05) is 25.2 Å². The molecule has 0 unspecified atom stereocenters. The maximum atomic E-state index is 12.3. The minimum Gasteiger partial charge on any atom is -0.360 e. The van der Waals surface area contributed by atoms with Crippen molar-refractivity contribution in [2.45, 2.75) is 18.9 Å². The minimum absolute atomic E-state index is 0.00368. The van der Waals surface area contributed by atoms with Crippen LogP contribution in [0.3, 0.4) is 0 Å². The van der Waals surface area contributed by atoms with Crippen LogP contribution in [0.1, 0.15) is 12.8 Å². The Kier molecular flexibility index (Phi) is 6.92. The first kappa shape index (κ1) is 21.0. The van der Waals surface area contributed by atoms with Gasteiger partial charge in [-0.1, -0.05) is 72.0 Å². The van der Waals surface area contributed by atoms with E-state index in [4.69, 9.17) is 10.2 Å². The Bertz CT molecular complexity index is 988. The predicted molar refractivity (Wildman–Crippen MR) is 125 cm³/mol. The van der Waals surface area contributed by atoms with Crippen molar-refractivity contribution in [3.63, 3.8) is 0 Å². The molecular formula is C24H25N5OS. The molecule has 1 saturated heterocycles. The summed E-state index contributed by atoms with van der Waals surface area (Å²) in [6, 6.07) is 22.4. The van der Waals surface area contributed by atoms with E-state index >= 15 is 0 Å². The fourth-order valence-corrected chi connectivity index (χ4v) is 4.75. The fourth-order valence-electron chi connectivity index (χ4n) is 3.73. The number of benzene rings is 2. The van der Waals surface area contributed by atoms with Crippen LogP contribution in [0.2, 0.25) is 0 Å². The van der Waals surface area contributed by atoms with Crippen LogP contribution in [-0.4, -0.2) is 48.0 Å². The monoisotopic (exact) mass is 431 g/mol. The predicted octanol–water partition coefficient (Wildman–Crippen LogP) is 3.99. The molecule has 1 atom stereocenters. The van der Waals surface area contributed by atoms with Crippen LogP contribution in [-0.2, 0) is 4.79 Å². The van der Waals surface area contributed by atoms with Crippen molar-refractivity contribution in [3.8, 4) is 27.8 Å². The Balaban J connectivity index is 1.35. The molecule has 3 aromatic rings. The molecule has 1 amide bonds. The lowest BCUT2D eigenvalue weighted by molar-refractivity contribution is -0.130. The Morgan fingerprint density at radius 1 is 1.10 bits per heavy atom. The third-order valence-electron chi connectivity index (χ3n) is 5.29. The average Bonchev–Trinajstić information content (AvgIpc) is 3.47. The SMILES string of the molecule is N#C[C@@H]1CCCN1C(=O)CNCCNc1nc(-c2ccccc2)c(-c2ccccc2)s1. The number of rotatable bonds is 8. The van der Waals surface area contributed by atoms with E-state index in [1.165, 1.54) is 0 Å². The largest absolute Gasteiger partial charge is 0.360 e. The van der Waals surface area contributed by atoms with Gasteiger partial charge in [0.2, 0.25) is 5.91 Å². The molecule has 0 saturated carbocycles. The van der Waals surface area contributed by atoms with E-state index in [2.05, 4.69) is 41.0 Å². The lowest BCUT2D eigenvalue weighted by atomic mass is 10.1. The number of amides is 1. The lowest BCUT2D eigenvalue weighted by Gasteiger charge is -2.19. The van der Waals surface area contributed by atoms with Crippen LogP contribution in [0.15, 0.2) is 60.7 Å². The van der Waals surface area contributed by atoms with Crippen LogP contribution in [0.4, 0.5) is 5.13 Å². The van der Waals surface area contributed by atoms with Crippen molar-refractivity contribution in [1.82, 2.24) is 15.2 Å². The Hall–Kier alpha value is -3.21. The van der Waals surface area contributed by atoms with E-state index in [1.807, 2.05) is 36.4 Å². The number of hydrogen-bond acceptors (Lipinski definition) is 6. The number of nitrogens with zero attached hydrogens (tertiary/aromatic N) is 3. The molecule has 0 bridgehead atoms. The van der Waals surface area contributed by atoms with Gasteiger partial charge in [0.05, 0.1) is 23.2 Å². The summed E-state index contributed by atoms with van der Waals surface area (Å²) in [7, 11) is 0. The molecule has 0 aliphatic carbocycles. The van der Waals surface area contributed by atoms with Crippen molar-refractivity contribution in [2.24, 2.45) is 0 Å². The highest BCUT2D eigenvalue weighted by atomic mass is 32.1. The maximum absolute atomic E-state index is 12.3. The van der Waals surface area contributed by atoms with E-state index < -0.39 is 0 Å². The number of carbonyl (C=O) groups is 1. The topological polar surface area (TPSA) is 81.0 Å². The number of carbonyl (C=O) groups excluding carboxylic acids is 1. The van der Waals surface area contributed by atoms with Crippen LogP contribution in [0.5, 0.6) is 0 Å². The van der Waals surface area contributed by atoms with Crippen LogP contribution in [0, 0.1) is 11.3 Å². The lowest BCUT2D eigenvalue weighted by Crippen LogP contribution is -2.41. The molecule has 1 aliphatic rings. The zero-order valence-electron chi connectivity index (χ0n) is 17.3. The highest BCUT2D eigenvalue weighted by molar-refractivity contribution is 7.19. The smallest absolute Gasteiger partial charge is 0.237 e. The maximum Gasteiger partial charge on any atom is 0.237 e. The zero-order valence-corrected chi connectivity index (χ0v) is 18.1. The van der Waals surface area contributed by atoms with Gasteiger partial charge in [-0.3, -0.25) is 4.79 Å². The summed E-state index contributed by atoms with van der Waals surface area (Å²) in [6.45, 7) is 2.23. The molecule has 1 aromatic heterocycles. The Morgan fingerprint density at radius 3 is 2.52 bits per heavy atom. The molecule has 4 rings (SSSR count). The standard InChI is InChI=1S/C24H25N5OS/c25-16-20-12-7-15-29(20)21(30)17-26-13-14-27-24-28-22(18-8-3-1-4-9-18)23(31-24)19-10-5-2-6-11-19/h1-6,8-11,20,26H,7,12-15,17H2,(H,27,28)/t20-/m0/s1. The molecule has 7 heteroatoms. The fraction of sp³-hybridized carbons (Fsp3) is 0.292. The summed E-state index contributed by atoms with van der Waals surface area (Å²) in [6.07, 6.45) is 1.68. The Morgan fingerprint density at radius 2 is 1.81 bits per heavy atom. The molecule has 2 aromatic carbocycles. The van der Waals surface area contributed by atoms with Crippen molar-refractivity contribution in [3.05, 3.63) is 60.7 Å². The van der Waals surface area contributed by atoms with Crippen LogP contribution in [0.25, 0.3) is 21.7 Å². The first-order valence-corrected chi connectivity index (χ1v) is 11.3. The van der Waals surface area contributed by atoms with Gasteiger partial charge >= 0.3 is 0 Å². The van der Waals surface area contributed by atoms with E-state index in [0.29, 0.717) is 19.6 Å². The number of aromatic nitrogens is 1. The molecule has 1 fully saturated rings. The molecular weight excluding hydrogens is 406 g/mol. The number of hydrogen-bond donors (Lipinski definition) is 2. The van der Waals surface area contributed by atoms with Crippen LogP contribution >= 0.6 is 11.3 Å². The minimum atomic E-state index is -0.268. The second-order valence-corrected chi connectivity index (χ2v) is 8.41. The molecule has 1 aliphatic heterocycles. The molecule has 31 heavy (non-hydrogen) atoms. The van der Waals surface area contributed by atoms with Gasteiger partial charge in [-0.05, 0) is 18.4 Å². The molecule has 6 nitrogen and oxygen atoms in total. The third-order valence-corrected chi connectivity index (χ3v) is 6.35. The van der Waals surface area contributed by atoms with Crippen molar-refractivity contribution >= 4 is 22.4 Å². The summed E-state index contributed by atoms with van der Waals surface area (Å²) in [5.41, 5.74) is 3.21. The van der Waals surface area contributed by atoms with Crippen molar-refractivity contribution in [1.29, 1.82) is 5.26 Å². The van der Waals surface area contributed by atoms with Gasteiger partial charge < -0.3 is 15.5 Å². The number of likely N-dealkylation sites (tertiary alicyclic amines) is 1. The summed E-state index contributed by atoms with van der Waals surface area (Å²) in [5, 5.41) is 16.5. The number of anilines is 1. The van der Waals surface area contributed by atoms with E-state index in [1.54, 1.807) is 16.2 Å². The molecule has 158 valence electrons. The van der Waals surface area contributed by atoms with Crippen molar-refractivity contribution in [2.75, 3.05) is 31.5 Å². The van der Waals surface area contributed by atoms with Gasteiger partial charge in [-0.15, -0.1) is 0 Å². The summed E-state index contributed by atoms with van der Waals surface area (Å²) < 4.78 is 0. The third kappa shape index (κ3) is 5.10. The molecule has 0 spiro atoms. The summed E-state index contributed by atoms with van der Waals surface area (Å²) in [4.78, 5) is 19.9. The zero-order chi connectivity index (χ0) is 21.5. The quantitative estimate of drug-likeness (QED) is 0.527. The number of nitriles is 1. The number of nitrogens with one attached hydrogen (secondary N) is 2. The second-order valence-electron chi connectivity index (χ2n) is 7.41. The first-order valence-electron chi connectivity index (χ1n) is 10.5. The van der Waals surface area contributed by atoms with E-state index in [0.717, 1.165) is 39.7 Å². The summed E-state index contributed by atoms with van der Waals surface area (Å²) >= 11 is 1.63. The highest BCUT2D eigenvalue weighted by Gasteiger charge is 2.27. The molecule has 0 radical (unpaired) electrons. The van der Waals surface area contributed by atoms with E-state index in [9.17, 15) is 4.79 Å². The number of thiazole rings is 1. The van der Waals surface area contributed by atoms with Gasteiger partial charge in [-0.25, -0.2) is 4.98 Å². The molecule has 2 heterocycles. The van der Waals surface area contributed by atoms with Crippen LogP contribution < -0.4 is 10.6 Å². The summed E-state index contributed by atoms with van der Waals surface area (Å²) in [5.74, 6) is -0.00368. The second kappa shape index (κ2) is 10.2.